The number of para-hydroxylation sites is 1. The first-order valence-corrected chi connectivity index (χ1v) is 8.89. The number of thiophene rings is 1. The topological polar surface area (TPSA) is 72.5 Å². The van der Waals surface area contributed by atoms with E-state index in [4.69, 9.17) is 4.74 Å². The van der Waals surface area contributed by atoms with Crippen LogP contribution in [0.2, 0.25) is 0 Å². The number of amides is 1. The van der Waals surface area contributed by atoms with E-state index in [2.05, 4.69) is 5.32 Å². The molecule has 0 spiro atoms. The summed E-state index contributed by atoms with van der Waals surface area (Å²) in [5.41, 5.74) is 2.60. The van der Waals surface area contributed by atoms with Gasteiger partial charge in [-0.1, -0.05) is 24.3 Å². The van der Waals surface area contributed by atoms with Gasteiger partial charge in [-0.05, 0) is 43.3 Å². The maximum Gasteiger partial charge on any atom is 0.307 e. The molecule has 6 heteroatoms. The predicted molar refractivity (Wildman–Crippen MR) is 98.0 cm³/mol. The van der Waals surface area contributed by atoms with Gasteiger partial charge in [0.25, 0.3) is 5.91 Å². The molecule has 0 aliphatic rings. The van der Waals surface area contributed by atoms with Crippen molar-refractivity contribution in [2.75, 3.05) is 5.32 Å². The molecule has 1 aromatic heterocycles. The number of nitrogens with one attached hydrogen (secondary N) is 1. The van der Waals surface area contributed by atoms with Gasteiger partial charge in [-0.15, -0.1) is 11.3 Å². The molecule has 0 fully saturated rings. The van der Waals surface area contributed by atoms with Crippen molar-refractivity contribution < 1.29 is 19.1 Å². The highest BCUT2D eigenvalue weighted by Gasteiger charge is 2.20. The number of hydrogen-bond acceptors (Lipinski definition) is 5. The second-order valence-corrected chi connectivity index (χ2v) is 6.74. The third-order valence-corrected chi connectivity index (χ3v) is 4.67. The summed E-state index contributed by atoms with van der Waals surface area (Å²) < 4.78 is 5.13. The maximum absolute atomic E-state index is 12.2. The predicted octanol–water partition coefficient (Wildman–Crippen LogP) is 3.90. The summed E-state index contributed by atoms with van der Waals surface area (Å²) >= 11 is 1.34. The molecule has 0 radical (unpaired) electrons. The van der Waals surface area contributed by atoms with Gasteiger partial charge in [-0.2, -0.15) is 0 Å². The van der Waals surface area contributed by atoms with Gasteiger partial charge in [-0.3, -0.25) is 14.4 Å². The summed E-state index contributed by atoms with van der Waals surface area (Å²) in [6, 6.07) is 9.22. The van der Waals surface area contributed by atoms with Crippen molar-refractivity contribution in [2.45, 2.75) is 39.7 Å². The lowest BCUT2D eigenvalue weighted by Crippen LogP contribution is -2.30. The highest BCUT2D eigenvalue weighted by Crippen LogP contribution is 2.20. The second-order valence-electron chi connectivity index (χ2n) is 5.79. The summed E-state index contributed by atoms with van der Waals surface area (Å²) in [7, 11) is 0. The lowest BCUT2D eigenvalue weighted by atomic mass is 10.1. The number of carbonyl (C=O) groups excluding carboxylic acids is 3. The van der Waals surface area contributed by atoms with Gasteiger partial charge in [0, 0.05) is 12.1 Å². The first-order chi connectivity index (χ1) is 11.9. The molecule has 2 rings (SSSR count). The Kier molecular flexibility index (Phi) is 6.47. The molecule has 1 unspecified atom stereocenters. The second kappa shape index (κ2) is 8.58. The van der Waals surface area contributed by atoms with E-state index >= 15 is 0 Å². The molecule has 1 atom stereocenters. The third kappa shape index (κ3) is 5.26. The van der Waals surface area contributed by atoms with E-state index in [9.17, 15) is 14.4 Å². The van der Waals surface area contributed by atoms with Crippen LogP contribution in [-0.4, -0.2) is 23.8 Å². The molecule has 1 heterocycles. The van der Waals surface area contributed by atoms with E-state index in [0.29, 0.717) is 4.88 Å². The molecule has 25 heavy (non-hydrogen) atoms. The minimum atomic E-state index is -0.927. The van der Waals surface area contributed by atoms with Crippen LogP contribution in [0.15, 0.2) is 35.7 Å². The lowest BCUT2D eigenvalue weighted by molar-refractivity contribution is -0.153. The van der Waals surface area contributed by atoms with Crippen molar-refractivity contribution in [1.82, 2.24) is 0 Å². The number of ketones is 1. The van der Waals surface area contributed by atoms with E-state index in [1.807, 2.05) is 37.4 Å². The van der Waals surface area contributed by atoms with Crippen LogP contribution in [0.4, 0.5) is 5.69 Å². The summed E-state index contributed by atoms with van der Waals surface area (Å²) in [4.78, 5) is 36.6. The molecule has 132 valence electrons. The summed E-state index contributed by atoms with van der Waals surface area (Å²) in [5.74, 6) is -1.05. The number of aryl methyl sites for hydroxylation is 2. The van der Waals surface area contributed by atoms with Crippen molar-refractivity contribution in [2.24, 2.45) is 0 Å². The molecule has 0 aliphatic heterocycles. The van der Waals surface area contributed by atoms with Crippen LogP contribution in [0.5, 0.6) is 0 Å². The molecule has 2 aromatic rings. The molecular formula is C19H21NO4S. The minimum Gasteiger partial charge on any atom is -0.453 e. The van der Waals surface area contributed by atoms with Gasteiger partial charge in [0.2, 0.25) is 0 Å². The average molecular weight is 359 g/mol. The molecule has 0 saturated heterocycles. The normalized spacial score (nSPS) is 11.6. The van der Waals surface area contributed by atoms with Crippen LogP contribution in [-0.2, 0) is 14.3 Å². The third-order valence-electron chi connectivity index (χ3n) is 3.76. The standard InChI is InChI=1S/C19H21NO4S/c1-12-6-4-7-13(2)18(12)20-19(23)14(3)24-17(22)10-9-15(21)16-8-5-11-25-16/h4-8,11,14H,9-10H2,1-3H3,(H,20,23). The van der Waals surface area contributed by atoms with Gasteiger partial charge in [-0.25, -0.2) is 0 Å². The van der Waals surface area contributed by atoms with Crippen LogP contribution < -0.4 is 5.32 Å². The molecule has 0 bridgehead atoms. The summed E-state index contributed by atoms with van der Waals surface area (Å²) in [6.07, 6.45) is -0.897. The Bertz CT molecular complexity index is 747. The van der Waals surface area contributed by atoms with E-state index in [1.165, 1.54) is 18.3 Å². The zero-order chi connectivity index (χ0) is 18.4. The zero-order valence-electron chi connectivity index (χ0n) is 14.5. The molecule has 5 nitrogen and oxygen atoms in total. The van der Waals surface area contributed by atoms with Crippen LogP contribution >= 0.6 is 11.3 Å². The van der Waals surface area contributed by atoms with Gasteiger partial charge in [0.1, 0.15) is 0 Å². The van der Waals surface area contributed by atoms with Crippen LogP contribution in [0, 0.1) is 13.8 Å². The van der Waals surface area contributed by atoms with E-state index in [1.54, 1.807) is 12.1 Å². The summed E-state index contributed by atoms with van der Waals surface area (Å²) in [5, 5.41) is 4.60. The molecule has 0 saturated carbocycles. The number of carbonyl (C=O) groups is 3. The number of anilines is 1. The van der Waals surface area contributed by atoms with Gasteiger partial charge in [0.15, 0.2) is 11.9 Å². The molecule has 1 aromatic carbocycles. The molecule has 1 N–H and O–H groups in total. The number of esters is 1. The highest BCUT2D eigenvalue weighted by atomic mass is 32.1. The van der Waals surface area contributed by atoms with Gasteiger partial charge in [0.05, 0.1) is 11.3 Å². The largest absolute Gasteiger partial charge is 0.453 e. The molecule has 0 aliphatic carbocycles. The van der Waals surface area contributed by atoms with E-state index in [0.717, 1.165) is 16.8 Å². The maximum atomic E-state index is 12.2. The fourth-order valence-electron chi connectivity index (χ4n) is 2.32. The van der Waals surface area contributed by atoms with Crippen LogP contribution in [0.3, 0.4) is 0 Å². The van der Waals surface area contributed by atoms with Crippen molar-refractivity contribution in [3.63, 3.8) is 0 Å². The molecule has 1 amide bonds. The Morgan fingerprint density at radius 1 is 1.08 bits per heavy atom. The van der Waals surface area contributed by atoms with E-state index in [-0.39, 0.29) is 18.6 Å². The van der Waals surface area contributed by atoms with Crippen molar-refractivity contribution in [3.05, 3.63) is 51.7 Å². The monoisotopic (exact) mass is 359 g/mol. The number of hydrogen-bond donors (Lipinski definition) is 1. The zero-order valence-corrected chi connectivity index (χ0v) is 15.3. The fourth-order valence-corrected chi connectivity index (χ4v) is 3.02. The van der Waals surface area contributed by atoms with Gasteiger partial charge >= 0.3 is 5.97 Å². The Balaban J connectivity index is 1.84. The van der Waals surface area contributed by atoms with Crippen LogP contribution in [0.1, 0.15) is 40.6 Å². The summed E-state index contributed by atoms with van der Waals surface area (Å²) in [6.45, 7) is 5.31. The first kappa shape index (κ1) is 18.9. The van der Waals surface area contributed by atoms with Gasteiger partial charge < -0.3 is 10.1 Å². The number of Topliss-reactive ketones (excluding diaryl/α,β-unsaturated/α-hetero) is 1. The Hall–Kier alpha value is -2.47. The van der Waals surface area contributed by atoms with Crippen molar-refractivity contribution in [1.29, 1.82) is 0 Å². The van der Waals surface area contributed by atoms with Crippen LogP contribution in [0.25, 0.3) is 0 Å². The van der Waals surface area contributed by atoms with Crippen molar-refractivity contribution >= 4 is 34.7 Å². The Morgan fingerprint density at radius 2 is 1.76 bits per heavy atom. The van der Waals surface area contributed by atoms with E-state index < -0.39 is 18.0 Å². The molecular weight excluding hydrogens is 338 g/mol. The highest BCUT2D eigenvalue weighted by molar-refractivity contribution is 7.12. The first-order valence-electron chi connectivity index (χ1n) is 8.01. The minimum absolute atomic E-state index is 0.0439. The SMILES string of the molecule is Cc1cccc(C)c1NC(=O)C(C)OC(=O)CCC(=O)c1cccs1. The smallest absolute Gasteiger partial charge is 0.307 e. The average Bonchev–Trinajstić information content (AvgIpc) is 3.10. The number of rotatable bonds is 7. The lowest BCUT2D eigenvalue weighted by Gasteiger charge is -2.16. The quantitative estimate of drug-likeness (QED) is 0.601. The number of benzene rings is 1. The Morgan fingerprint density at radius 3 is 2.36 bits per heavy atom. The Labute approximate surface area is 151 Å². The van der Waals surface area contributed by atoms with Crippen molar-refractivity contribution in [3.8, 4) is 0 Å². The number of ether oxygens (including phenoxy) is 1. The fraction of sp³-hybridized carbons (Fsp3) is 0.316.